The fourth-order valence-corrected chi connectivity index (χ4v) is 4.63. The first kappa shape index (κ1) is 10.3. The van der Waals surface area contributed by atoms with Crippen LogP contribution in [0, 0.1) is 0 Å². The lowest BCUT2D eigenvalue weighted by atomic mass is 10.2. The van der Waals surface area contributed by atoms with Crippen LogP contribution in [-0.4, -0.2) is 21.2 Å². The van der Waals surface area contributed by atoms with Crippen LogP contribution in [0.1, 0.15) is 27.2 Å². The highest BCUT2D eigenvalue weighted by Crippen LogP contribution is 2.45. The Labute approximate surface area is 77.9 Å². The Hall–Kier alpha value is 0.177. The van der Waals surface area contributed by atoms with Crippen LogP contribution < -0.4 is 5.32 Å². The highest BCUT2D eigenvalue weighted by molar-refractivity contribution is 6.81. The normalized spacial score (nSPS) is 26.2. The van der Waals surface area contributed by atoms with Gasteiger partial charge in [0, 0.05) is 0 Å². The van der Waals surface area contributed by atoms with E-state index in [4.69, 9.17) is 0 Å². The molecule has 0 bridgehead atoms. The second-order valence-electron chi connectivity index (χ2n) is 5.66. The van der Waals surface area contributed by atoms with Gasteiger partial charge in [-0.25, -0.2) is 0 Å². The summed E-state index contributed by atoms with van der Waals surface area (Å²) in [5, 5.41) is 4.04. The zero-order valence-corrected chi connectivity index (χ0v) is 10.2. The second-order valence-corrected chi connectivity index (χ2v) is 11.4. The van der Waals surface area contributed by atoms with Crippen LogP contribution in [-0.2, 0) is 0 Å². The summed E-state index contributed by atoms with van der Waals surface area (Å²) in [5.74, 6) is 0. The summed E-state index contributed by atoms with van der Waals surface area (Å²) in [5.41, 5.74) is 0.998. The number of nitrogens with one attached hydrogen (secondary N) is 1. The van der Waals surface area contributed by atoms with Crippen LogP contribution in [0.2, 0.25) is 23.7 Å². The quantitative estimate of drug-likeness (QED) is 0.619. The largest absolute Gasteiger partial charge is 0.317 e. The smallest absolute Gasteiger partial charge is 0.0571 e. The Morgan fingerprint density at radius 1 is 1.25 bits per heavy atom. The minimum absolute atomic E-state index is 0.559. The van der Waals surface area contributed by atoms with E-state index in [1.807, 2.05) is 0 Å². The molecule has 2 heteroatoms. The van der Waals surface area contributed by atoms with Gasteiger partial charge in [0.1, 0.15) is 0 Å². The lowest BCUT2D eigenvalue weighted by Gasteiger charge is -2.41. The van der Waals surface area contributed by atoms with Gasteiger partial charge < -0.3 is 5.32 Å². The van der Waals surface area contributed by atoms with Gasteiger partial charge in [0.05, 0.1) is 8.07 Å². The number of hydrogen-bond donors (Lipinski definition) is 1. The van der Waals surface area contributed by atoms with Crippen molar-refractivity contribution in [1.82, 2.24) is 5.32 Å². The standard InChI is InChI=1S/C10H23NSi/c1-10(2,3)12(4,5)9-6-7-11-8-9/h9,11H,6-8H2,1-5H3. The first-order chi connectivity index (χ1) is 5.36. The van der Waals surface area contributed by atoms with Gasteiger partial charge in [-0.1, -0.05) is 33.9 Å². The average Bonchev–Trinajstić information content (AvgIpc) is 2.34. The Morgan fingerprint density at radius 2 is 1.83 bits per heavy atom. The Bertz CT molecular complexity index is 152. The molecule has 12 heavy (non-hydrogen) atoms. The van der Waals surface area contributed by atoms with Gasteiger partial charge in [-0.05, 0) is 30.1 Å². The van der Waals surface area contributed by atoms with E-state index in [-0.39, 0.29) is 0 Å². The Kier molecular flexibility index (Phi) is 2.69. The molecule has 1 nitrogen and oxygen atoms in total. The molecule has 0 aromatic carbocycles. The zero-order valence-electron chi connectivity index (χ0n) is 9.20. The molecule has 0 aromatic heterocycles. The van der Waals surface area contributed by atoms with Crippen molar-refractivity contribution in [2.75, 3.05) is 13.1 Å². The molecule has 0 saturated carbocycles. The van der Waals surface area contributed by atoms with Crippen LogP contribution >= 0.6 is 0 Å². The monoisotopic (exact) mass is 185 g/mol. The fourth-order valence-electron chi connectivity index (χ4n) is 1.88. The average molecular weight is 185 g/mol. The predicted octanol–water partition coefficient (Wildman–Crippen LogP) is 2.86. The summed E-state index contributed by atoms with van der Waals surface area (Å²) >= 11 is 0. The third-order valence-corrected chi connectivity index (χ3v) is 10.4. The van der Waals surface area contributed by atoms with Crippen molar-refractivity contribution in [1.29, 1.82) is 0 Å². The van der Waals surface area contributed by atoms with Gasteiger partial charge in [-0.15, -0.1) is 0 Å². The van der Waals surface area contributed by atoms with Crippen LogP contribution in [0.3, 0.4) is 0 Å². The minimum atomic E-state index is -1.03. The van der Waals surface area contributed by atoms with Crippen molar-refractivity contribution >= 4 is 8.07 Å². The third kappa shape index (κ3) is 1.74. The molecule has 0 aromatic rings. The molecule has 1 fully saturated rings. The predicted molar refractivity (Wildman–Crippen MR) is 58.4 cm³/mol. The van der Waals surface area contributed by atoms with Crippen LogP contribution in [0.15, 0.2) is 0 Å². The van der Waals surface area contributed by atoms with Crippen molar-refractivity contribution in [3.05, 3.63) is 0 Å². The molecule has 1 heterocycles. The Morgan fingerprint density at radius 3 is 2.17 bits per heavy atom. The van der Waals surface area contributed by atoms with E-state index < -0.39 is 8.07 Å². The van der Waals surface area contributed by atoms with Gasteiger partial charge >= 0.3 is 0 Å². The van der Waals surface area contributed by atoms with Crippen molar-refractivity contribution in [3.8, 4) is 0 Å². The summed E-state index contributed by atoms with van der Waals surface area (Å²) in [6, 6.07) is 0. The lowest BCUT2D eigenvalue weighted by molar-refractivity contribution is 0.682. The maximum atomic E-state index is 3.49. The molecule has 0 amide bonds. The zero-order chi connectivity index (χ0) is 9.41. The molecule has 1 atom stereocenters. The minimum Gasteiger partial charge on any atom is -0.317 e. The first-order valence-electron chi connectivity index (χ1n) is 5.06. The third-order valence-electron chi connectivity index (χ3n) is 4.01. The van der Waals surface area contributed by atoms with Crippen LogP contribution in [0.5, 0.6) is 0 Å². The first-order valence-corrected chi connectivity index (χ1v) is 8.14. The van der Waals surface area contributed by atoms with Gasteiger partial charge in [0.25, 0.3) is 0 Å². The molecule has 1 aliphatic heterocycles. The summed E-state index contributed by atoms with van der Waals surface area (Å²) in [6.07, 6.45) is 1.41. The molecule has 1 rings (SSSR count). The molecule has 1 unspecified atom stereocenters. The van der Waals surface area contributed by atoms with E-state index in [2.05, 4.69) is 39.2 Å². The summed E-state index contributed by atoms with van der Waals surface area (Å²) in [4.78, 5) is 0. The fraction of sp³-hybridized carbons (Fsp3) is 1.00. The van der Waals surface area contributed by atoms with Crippen LogP contribution in [0.25, 0.3) is 0 Å². The molecular weight excluding hydrogens is 162 g/mol. The van der Waals surface area contributed by atoms with Crippen LogP contribution in [0.4, 0.5) is 0 Å². The van der Waals surface area contributed by atoms with Crippen molar-refractivity contribution in [3.63, 3.8) is 0 Å². The molecule has 0 radical (unpaired) electrons. The second kappa shape index (κ2) is 3.15. The molecule has 0 aliphatic carbocycles. The van der Waals surface area contributed by atoms with Gasteiger partial charge in [0.15, 0.2) is 0 Å². The highest BCUT2D eigenvalue weighted by atomic mass is 28.3. The summed E-state index contributed by atoms with van der Waals surface area (Å²) in [6.45, 7) is 14.9. The van der Waals surface area contributed by atoms with Gasteiger partial charge in [-0.3, -0.25) is 0 Å². The van der Waals surface area contributed by atoms with E-state index in [9.17, 15) is 0 Å². The van der Waals surface area contributed by atoms with Gasteiger partial charge in [-0.2, -0.15) is 0 Å². The van der Waals surface area contributed by atoms with E-state index in [1.54, 1.807) is 0 Å². The topological polar surface area (TPSA) is 12.0 Å². The molecular formula is C10H23NSi. The SMILES string of the molecule is CC(C)(C)[Si](C)(C)C1CCNC1. The number of rotatable bonds is 1. The van der Waals surface area contributed by atoms with E-state index in [0.29, 0.717) is 5.04 Å². The van der Waals surface area contributed by atoms with Crippen molar-refractivity contribution in [2.45, 2.75) is 50.9 Å². The lowest BCUT2D eigenvalue weighted by Crippen LogP contribution is -2.42. The Balaban J connectivity index is 2.69. The highest BCUT2D eigenvalue weighted by Gasteiger charge is 2.42. The molecule has 0 spiro atoms. The summed E-state index contributed by atoms with van der Waals surface area (Å²) < 4.78 is 0. The van der Waals surface area contributed by atoms with Crippen molar-refractivity contribution in [2.24, 2.45) is 0 Å². The van der Waals surface area contributed by atoms with Gasteiger partial charge in [0.2, 0.25) is 0 Å². The van der Waals surface area contributed by atoms with E-state index in [1.165, 1.54) is 19.5 Å². The molecule has 1 saturated heterocycles. The maximum Gasteiger partial charge on any atom is 0.0571 e. The van der Waals surface area contributed by atoms with E-state index >= 15 is 0 Å². The maximum absolute atomic E-state index is 3.49. The van der Waals surface area contributed by atoms with E-state index in [0.717, 1.165) is 5.54 Å². The van der Waals surface area contributed by atoms with Crippen molar-refractivity contribution < 1.29 is 0 Å². The molecule has 1 aliphatic rings. The number of hydrogen-bond acceptors (Lipinski definition) is 1. The molecule has 1 N–H and O–H groups in total. The summed E-state index contributed by atoms with van der Waals surface area (Å²) in [7, 11) is -1.03. The molecule has 72 valence electrons.